The molecule has 0 spiro atoms. The molecule has 0 radical (unpaired) electrons. The third kappa shape index (κ3) is 7.27. The van der Waals surface area contributed by atoms with E-state index < -0.39 is 27.5 Å². The Morgan fingerprint density at radius 1 is 1.08 bits per heavy atom. The van der Waals surface area contributed by atoms with E-state index in [4.69, 9.17) is 4.74 Å². The quantitative estimate of drug-likeness (QED) is 0.245. The highest BCUT2D eigenvalue weighted by Crippen LogP contribution is 2.33. The normalized spacial score (nSPS) is 17.4. The average Bonchev–Trinajstić information content (AvgIpc) is 3.45. The lowest BCUT2D eigenvalue weighted by Crippen LogP contribution is -2.46. The summed E-state index contributed by atoms with van der Waals surface area (Å²) >= 11 is 0. The Balaban J connectivity index is 1.37. The van der Waals surface area contributed by atoms with Gasteiger partial charge in [0.25, 0.3) is 0 Å². The minimum absolute atomic E-state index is 0.0736. The number of hydroxylamine groups is 2. The number of morpholine rings is 1. The lowest BCUT2D eigenvalue weighted by atomic mass is 9.89. The maximum Gasteiger partial charge on any atom is 0.247 e. The summed E-state index contributed by atoms with van der Waals surface area (Å²) in [5, 5.41) is 15.0. The largest absolute Gasteiger partial charge is 0.378 e. The van der Waals surface area contributed by atoms with Crippen molar-refractivity contribution < 1.29 is 28.0 Å². The molecule has 10 nitrogen and oxygen atoms in total. The Bertz CT molecular complexity index is 1260. The van der Waals surface area contributed by atoms with Gasteiger partial charge in [-0.1, -0.05) is 49.9 Å². The van der Waals surface area contributed by atoms with Crippen LogP contribution in [0, 0.1) is 11.8 Å². The first-order chi connectivity index (χ1) is 18.7. The molecule has 2 aromatic rings. The molecule has 11 heteroatoms. The number of hydrogen-bond acceptors (Lipinski definition) is 8. The fraction of sp³-hybridized carbons (Fsp3) is 0.571. The number of carbonyl (C=O) groups excluding carboxylic acids is 2. The molecule has 1 saturated carbocycles. The Labute approximate surface area is 230 Å². The number of anilines is 1. The monoisotopic (exact) mass is 560 g/mol. The molecule has 1 aliphatic carbocycles. The van der Waals surface area contributed by atoms with Crippen LogP contribution in [-0.2, 0) is 24.2 Å². The van der Waals surface area contributed by atoms with Crippen molar-refractivity contribution in [2.75, 3.05) is 57.8 Å². The average molecular weight is 561 g/mol. The molecule has 2 aromatic carbocycles. The summed E-state index contributed by atoms with van der Waals surface area (Å²) in [6.07, 6.45) is 4.87. The topological polar surface area (TPSA) is 119 Å². The van der Waals surface area contributed by atoms with Crippen molar-refractivity contribution in [1.82, 2.24) is 15.3 Å². The van der Waals surface area contributed by atoms with Gasteiger partial charge >= 0.3 is 0 Å². The summed E-state index contributed by atoms with van der Waals surface area (Å²) in [4.78, 5) is 30.0. The first-order valence-electron chi connectivity index (χ1n) is 13.7. The van der Waals surface area contributed by atoms with Gasteiger partial charge in [0.2, 0.25) is 11.8 Å². The fourth-order valence-corrected chi connectivity index (χ4v) is 6.97. The van der Waals surface area contributed by atoms with E-state index in [-0.39, 0.29) is 23.9 Å². The van der Waals surface area contributed by atoms with E-state index in [9.17, 15) is 23.2 Å². The maximum absolute atomic E-state index is 13.2. The third-order valence-corrected chi connectivity index (χ3v) is 9.31. The highest BCUT2D eigenvalue weighted by atomic mass is 32.2. The van der Waals surface area contributed by atoms with Gasteiger partial charge in [-0.25, -0.2) is 13.5 Å². The van der Waals surface area contributed by atoms with Crippen LogP contribution in [0.1, 0.15) is 38.5 Å². The molecule has 0 bridgehead atoms. The summed E-state index contributed by atoms with van der Waals surface area (Å²) in [6, 6.07) is 10.7. The zero-order valence-electron chi connectivity index (χ0n) is 22.8. The molecule has 39 heavy (non-hydrogen) atoms. The van der Waals surface area contributed by atoms with Crippen molar-refractivity contribution in [3.8, 4) is 0 Å². The predicted molar refractivity (Wildman–Crippen MR) is 149 cm³/mol. The van der Waals surface area contributed by atoms with Crippen LogP contribution in [0.5, 0.6) is 0 Å². The van der Waals surface area contributed by atoms with Gasteiger partial charge in [-0.3, -0.25) is 20.1 Å². The Morgan fingerprint density at radius 3 is 2.44 bits per heavy atom. The van der Waals surface area contributed by atoms with Gasteiger partial charge in [0.1, 0.15) is 5.88 Å². The first kappa shape index (κ1) is 29.3. The molecule has 4 rings (SSSR count). The number of amides is 2. The number of nitrogens with zero attached hydrogens (tertiary/aromatic N) is 3. The molecule has 2 amide bonds. The molecule has 0 aromatic heterocycles. The Hall–Kier alpha value is -2.73. The first-order valence-corrected chi connectivity index (χ1v) is 15.3. The number of benzene rings is 2. The second-order valence-electron chi connectivity index (χ2n) is 10.7. The van der Waals surface area contributed by atoms with Crippen LogP contribution >= 0.6 is 0 Å². The maximum atomic E-state index is 13.2. The van der Waals surface area contributed by atoms with E-state index in [0.29, 0.717) is 49.1 Å². The summed E-state index contributed by atoms with van der Waals surface area (Å²) in [5.41, 5.74) is 0.906. The number of sulfone groups is 1. The van der Waals surface area contributed by atoms with Crippen molar-refractivity contribution in [3.05, 3.63) is 36.4 Å². The van der Waals surface area contributed by atoms with E-state index in [2.05, 4.69) is 5.32 Å². The van der Waals surface area contributed by atoms with Crippen molar-refractivity contribution in [2.45, 2.75) is 43.4 Å². The van der Waals surface area contributed by atoms with Crippen LogP contribution in [0.25, 0.3) is 10.8 Å². The second kappa shape index (κ2) is 13.1. The SMILES string of the molecule is CN(C)c1cccc2c(S(=O)(=O)CNCN(O)C(=O)C[C@@H](CC3CCCC3)C(=O)N3CCOCC3)cccc12. The van der Waals surface area contributed by atoms with Gasteiger partial charge in [0, 0.05) is 56.0 Å². The van der Waals surface area contributed by atoms with E-state index >= 15 is 0 Å². The number of hydrogen-bond donors (Lipinski definition) is 2. The minimum Gasteiger partial charge on any atom is -0.378 e. The van der Waals surface area contributed by atoms with Crippen molar-refractivity contribution in [3.63, 3.8) is 0 Å². The smallest absolute Gasteiger partial charge is 0.247 e. The highest BCUT2D eigenvalue weighted by Gasteiger charge is 2.32. The zero-order valence-corrected chi connectivity index (χ0v) is 23.7. The standard InChI is InChI=1S/C28H40N4O6S/c1-30(2)25-11-5-10-24-23(25)9-6-12-26(24)39(36,37)20-29-19-32(35)27(33)18-22(17-21-7-3-4-8-21)28(34)31-13-15-38-16-14-31/h5-6,9-12,21-22,29,35H,3-4,7-8,13-20H2,1-2H3/t22-/m1/s1. The van der Waals surface area contributed by atoms with Crippen LogP contribution in [0.4, 0.5) is 5.69 Å². The fourth-order valence-electron chi connectivity index (χ4n) is 5.66. The van der Waals surface area contributed by atoms with Crippen molar-refractivity contribution >= 4 is 38.1 Å². The summed E-state index contributed by atoms with van der Waals surface area (Å²) in [6.45, 7) is 1.59. The van der Waals surface area contributed by atoms with Crippen molar-refractivity contribution in [1.29, 1.82) is 0 Å². The highest BCUT2D eigenvalue weighted by molar-refractivity contribution is 7.91. The lowest BCUT2D eigenvalue weighted by Gasteiger charge is -2.31. The number of ether oxygens (including phenoxy) is 1. The molecule has 1 saturated heterocycles. The van der Waals surface area contributed by atoms with Gasteiger partial charge in [-0.2, -0.15) is 0 Å². The van der Waals surface area contributed by atoms with Crippen LogP contribution in [0.15, 0.2) is 41.3 Å². The third-order valence-electron chi connectivity index (χ3n) is 7.70. The molecule has 0 unspecified atom stereocenters. The molecule has 214 valence electrons. The number of nitrogens with one attached hydrogen (secondary N) is 1. The Kier molecular flexibility index (Phi) is 9.81. The van der Waals surface area contributed by atoms with Gasteiger partial charge in [-0.15, -0.1) is 0 Å². The van der Waals surface area contributed by atoms with Gasteiger partial charge in [-0.05, 0) is 24.5 Å². The molecule has 1 atom stereocenters. The van der Waals surface area contributed by atoms with Gasteiger partial charge in [0.15, 0.2) is 9.84 Å². The molecule has 2 fully saturated rings. The van der Waals surface area contributed by atoms with Crippen LogP contribution in [-0.4, -0.2) is 88.3 Å². The predicted octanol–water partition coefficient (Wildman–Crippen LogP) is 2.85. The van der Waals surface area contributed by atoms with Gasteiger partial charge < -0.3 is 14.5 Å². The van der Waals surface area contributed by atoms with E-state index in [1.807, 2.05) is 37.2 Å². The van der Waals surface area contributed by atoms with Crippen LogP contribution < -0.4 is 10.2 Å². The summed E-state index contributed by atoms with van der Waals surface area (Å²) in [7, 11) is 0.0312. The molecule has 2 aliphatic rings. The summed E-state index contributed by atoms with van der Waals surface area (Å²) in [5.74, 6) is -1.25. The zero-order chi connectivity index (χ0) is 28.0. The second-order valence-corrected chi connectivity index (χ2v) is 12.7. The molecular formula is C28H40N4O6S. The molecule has 2 N–H and O–H groups in total. The van der Waals surface area contributed by atoms with Gasteiger partial charge in [0.05, 0.1) is 24.8 Å². The molecule has 1 aliphatic heterocycles. The van der Waals surface area contributed by atoms with Crippen LogP contribution in [0.3, 0.4) is 0 Å². The number of rotatable bonds is 11. The van der Waals surface area contributed by atoms with Crippen LogP contribution in [0.2, 0.25) is 0 Å². The minimum atomic E-state index is -3.77. The lowest BCUT2D eigenvalue weighted by molar-refractivity contribution is -0.169. The molecular weight excluding hydrogens is 520 g/mol. The number of carbonyl (C=O) groups is 2. The van der Waals surface area contributed by atoms with E-state index in [0.717, 1.165) is 36.8 Å². The van der Waals surface area contributed by atoms with E-state index in [1.54, 1.807) is 23.1 Å². The summed E-state index contributed by atoms with van der Waals surface area (Å²) < 4.78 is 31.7. The van der Waals surface area contributed by atoms with E-state index in [1.165, 1.54) is 0 Å². The number of fused-ring (bicyclic) bond motifs is 1. The molecule has 1 heterocycles. The Morgan fingerprint density at radius 2 is 1.74 bits per heavy atom. The van der Waals surface area contributed by atoms with Crippen molar-refractivity contribution in [2.24, 2.45) is 11.8 Å².